The van der Waals surface area contributed by atoms with E-state index in [1.807, 2.05) is 0 Å². The molecule has 0 saturated heterocycles. The fourth-order valence-electron chi connectivity index (χ4n) is 3.20. The van der Waals surface area contributed by atoms with Crippen LogP contribution in [0.1, 0.15) is 49.3 Å². The molecular formula is C18H22F3NO4. The first kappa shape index (κ1) is 20.2. The van der Waals surface area contributed by atoms with Crippen LogP contribution in [0.2, 0.25) is 0 Å². The van der Waals surface area contributed by atoms with Gasteiger partial charge in [0, 0.05) is 0 Å². The van der Waals surface area contributed by atoms with Crippen molar-refractivity contribution in [1.29, 1.82) is 0 Å². The summed E-state index contributed by atoms with van der Waals surface area (Å²) in [6.45, 7) is 0. The van der Waals surface area contributed by atoms with Gasteiger partial charge in [-0.2, -0.15) is 13.2 Å². The van der Waals surface area contributed by atoms with Gasteiger partial charge in [0.2, 0.25) is 0 Å². The Morgan fingerprint density at radius 2 is 1.73 bits per heavy atom. The number of rotatable bonds is 5. The van der Waals surface area contributed by atoms with E-state index in [2.05, 4.69) is 5.32 Å². The molecule has 0 radical (unpaired) electrons. The Balaban J connectivity index is 2.08. The number of amides is 1. The number of hydrogen-bond acceptors (Lipinski definition) is 4. The minimum absolute atomic E-state index is 0.0164. The first-order chi connectivity index (χ1) is 12.2. The number of esters is 1. The van der Waals surface area contributed by atoms with Crippen molar-refractivity contribution in [2.45, 2.75) is 50.4 Å². The molecule has 1 saturated carbocycles. The lowest BCUT2D eigenvalue weighted by Gasteiger charge is -2.29. The molecule has 144 valence electrons. The Labute approximate surface area is 149 Å². The smallest absolute Gasteiger partial charge is 0.416 e. The second-order valence-corrected chi connectivity index (χ2v) is 6.43. The van der Waals surface area contributed by atoms with Gasteiger partial charge in [0.15, 0.2) is 6.10 Å². The zero-order valence-electron chi connectivity index (χ0n) is 14.4. The quantitative estimate of drug-likeness (QED) is 0.778. The molecule has 1 fully saturated rings. The number of halogens is 3. The highest BCUT2D eigenvalue weighted by Gasteiger charge is 2.34. The van der Waals surface area contributed by atoms with E-state index in [1.54, 1.807) is 0 Å². The normalized spacial score (nSPS) is 18.0. The molecule has 1 aliphatic rings. The molecule has 0 spiro atoms. The number of aliphatic hydroxyl groups is 1. The summed E-state index contributed by atoms with van der Waals surface area (Å²) in [5.41, 5.74) is -0.855. The van der Waals surface area contributed by atoms with Crippen molar-refractivity contribution in [3.05, 3.63) is 35.4 Å². The summed E-state index contributed by atoms with van der Waals surface area (Å²) in [5.74, 6) is -1.52. The van der Waals surface area contributed by atoms with Gasteiger partial charge in [-0.15, -0.1) is 0 Å². The van der Waals surface area contributed by atoms with Crippen LogP contribution in [0.5, 0.6) is 0 Å². The van der Waals surface area contributed by atoms with E-state index in [1.165, 1.54) is 7.11 Å². The van der Waals surface area contributed by atoms with Gasteiger partial charge in [-0.25, -0.2) is 4.79 Å². The maximum absolute atomic E-state index is 12.6. The molecule has 0 aromatic heterocycles. The minimum Gasteiger partial charge on any atom is -0.467 e. The number of benzene rings is 1. The van der Waals surface area contributed by atoms with Crippen LogP contribution >= 0.6 is 0 Å². The summed E-state index contributed by atoms with van der Waals surface area (Å²) < 4.78 is 42.5. The molecular weight excluding hydrogens is 351 g/mol. The van der Waals surface area contributed by atoms with Gasteiger partial charge in [-0.3, -0.25) is 4.79 Å². The lowest BCUT2D eigenvalue weighted by Crippen LogP contribution is -2.48. The highest BCUT2D eigenvalue weighted by Crippen LogP contribution is 2.30. The summed E-state index contributed by atoms with van der Waals surface area (Å²) in [5, 5.41) is 12.6. The lowest BCUT2D eigenvalue weighted by molar-refractivity contribution is -0.148. The first-order valence-corrected chi connectivity index (χ1v) is 8.47. The molecule has 2 N–H and O–H groups in total. The maximum Gasteiger partial charge on any atom is 0.416 e. The number of carbonyl (C=O) groups excluding carboxylic acids is 2. The van der Waals surface area contributed by atoms with Crippen LogP contribution in [0.4, 0.5) is 13.2 Å². The van der Waals surface area contributed by atoms with Crippen LogP contribution in [-0.4, -0.2) is 30.1 Å². The van der Waals surface area contributed by atoms with Gasteiger partial charge < -0.3 is 15.2 Å². The molecule has 2 rings (SSSR count). The topological polar surface area (TPSA) is 75.6 Å². The Kier molecular flexibility index (Phi) is 6.63. The molecule has 2 atom stereocenters. The number of aliphatic hydroxyl groups excluding tert-OH is 1. The monoisotopic (exact) mass is 373 g/mol. The molecule has 0 bridgehead atoms. The lowest BCUT2D eigenvalue weighted by atomic mass is 9.83. The van der Waals surface area contributed by atoms with Gasteiger partial charge in [0.25, 0.3) is 5.91 Å². The van der Waals surface area contributed by atoms with Crippen LogP contribution in [0.15, 0.2) is 24.3 Å². The van der Waals surface area contributed by atoms with E-state index in [0.29, 0.717) is 0 Å². The third-order valence-corrected chi connectivity index (χ3v) is 4.68. The second-order valence-electron chi connectivity index (χ2n) is 6.43. The molecule has 8 heteroatoms. The van der Waals surface area contributed by atoms with Crippen LogP contribution in [0.25, 0.3) is 0 Å². The average molecular weight is 373 g/mol. The van der Waals surface area contributed by atoms with Crippen LogP contribution in [0, 0.1) is 5.92 Å². The van der Waals surface area contributed by atoms with Gasteiger partial charge in [0.05, 0.1) is 12.7 Å². The van der Waals surface area contributed by atoms with Crippen molar-refractivity contribution >= 4 is 11.9 Å². The van der Waals surface area contributed by atoms with Crippen molar-refractivity contribution in [2.75, 3.05) is 7.11 Å². The van der Waals surface area contributed by atoms with Gasteiger partial charge in [0.1, 0.15) is 6.04 Å². The van der Waals surface area contributed by atoms with Crippen molar-refractivity contribution in [1.82, 2.24) is 5.32 Å². The maximum atomic E-state index is 12.6. The van der Waals surface area contributed by atoms with E-state index < -0.39 is 35.8 Å². The third kappa shape index (κ3) is 4.97. The Bertz CT molecular complexity index is 624. The van der Waals surface area contributed by atoms with Crippen molar-refractivity contribution < 1.29 is 32.6 Å². The molecule has 1 aromatic rings. The standard InChI is InChI=1S/C18H22F3NO4/c1-26-17(25)14(11-5-3-2-4-6-11)22-16(24)15(23)12-7-9-13(10-8-12)18(19,20)21/h7-11,14-15,23H,2-6H2,1H3,(H,22,24)/t14-,15-/m0/s1. The number of carbonyl (C=O) groups is 2. The third-order valence-electron chi connectivity index (χ3n) is 4.68. The second kappa shape index (κ2) is 8.53. The van der Waals surface area contributed by atoms with E-state index in [-0.39, 0.29) is 11.5 Å². The zero-order chi connectivity index (χ0) is 19.3. The summed E-state index contributed by atoms with van der Waals surface area (Å²) in [7, 11) is 1.22. The number of ether oxygens (including phenoxy) is 1. The molecule has 26 heavy (non-hydrogen) atoms. The number of hydrogen-bond donors (Lipinski definition) is 2. The zero-order valence-corrected chi connectivity index (χ0v) is 14.4. The minimum atomic E-state index is -4.50. The molecule has 1 aromatic carbocycles. The highest BCUT2D eigenvalue weighted by molar-refractivity contribution is 5.87. The first-order valence-electron chi connectivity index (χ1n) is 8.47. The highest BCUT2D eigenvalue weighted by atomic mass is 19.4. The summed E-state index contributed by atoms with van der Waals surface area (Å²) >= 11 is 0. The van der Waals surface area contributed by atoms with Gasteiger partial charge in [-0.05, 0) is 36.5 Å². The molecule has 1 aliphatic carbocycles. The fraction of sp³-hybridized carbons (Fsp3) is 0.556. The van der Waals surface area contributed by atoms with Gasteiger partial charge >= 0.3 is 12.1 Å². The van der Waals surface area contributed by atoms with Crippen LogP contribution < -0.4 is 5.32 Å². The van der Waals surface area contributed by atoms with E-state index >= 15 is 0 Å². The van der Waals surface area contributed by atoms with Crippen molar-refractivity contribution in [3.8, 4) is 0 Å². The number of nitrogens with one attached hydrogen (secondary N) is 1. The number of methoxy groups -OCH3 is 1. The fourth-order valence-corrected chi connectivity index (χ4v) is 3.20. The molecule has 0 aliphatic heterocycles. The summed E-state index contributed by atoms with van der Waals surface area (Å²) in [4.78, 5) is 24.3. The molecule has 0 heterocycles. The largest absolute Gasteiger partial charge is 0.467 e. The Hall–Kier alpha value is -2.09. The van der Waals surface area contributed by atoms with Crippen LogP contribution in [0.3, 0.4) is 0 Å². The van der Waals surface area contributed by atoms with E-state index in [0.717, 1.165) is 56.4 Å². The number of alkyl halides is 3. The van der Waals surface area contributed by atoms with Crippen LogP contribution in [-0.2, 0) is 20.5 Å². The molecule has 0 unspecified atom stereocenters. The van der Waals surface area contributed by atoms with Crippen molar-refractivity contribution in [3.63, 3.8) is 0 Å². The summed E-state index contributed by atoms with van der Waals surface area (Å²) in [6, 6.07) is 2.80. The summed E-state index contributed by atoms with van der Waals surface area (Å²) in [6.07, 6.45) is -1.71. The van der Waals surface area contributed by atoms with Gasteiger partial charge in [-0.1, -0.05) is 31.4 Å². The molecule has 1 amide bonds. The molecule has 5 nitrogen and oxygen atoms in total. The Morgan fingerprint density at radius 1 is 1.15 bits per heavy atom. The van der Waals surface area contributed by atoms with Crippen molar-refractivity contribution in [2.24, 2.45) is 5.92 Å². The SMILES string of the molecule is COC(=O)[C@@H](NC(=O)[C@@H](O)c1ccc(C(F)(F)F)cc1)C1CCCCC1. The Morgan fingerprint density at radius 3 is 2.23 bits per heavy atom. The predicted octanol–water partition coefficient (Wildman–Crippen LogP) is 2.98. The van der Waals surface area contributed by atoms with E-state index in [9.17, 15) is 27.9 Å². The van der Waals surface area contributed by atoms with E-state index in [4.69, 9.17) is 4.74 Å². The average Bonchev–Trinajstić information content (AvgIpc) is 2.64. The predicted molar refractivity (Wildman–Crippen MR) is 86.9 cm³/mol.